The summed E-state index contributed by atoms with van der Waals surface area (Å²) < 4.78 is 18.7. The number of nitrogens with zero attached hydrogens (tertiary/aromatic N) is 1. The van der Waals surface area contributed by atoms with Gasteiger partial charge in [-0.25, -0.2) is 4.79 Å². The fraction of sp³-hybridized carbons (Fsp3) is 0.320. The number of hydrogen-bond donors (Lipinski definition) is 1. The molecule has 2 aliphatic rings. The molecule has 2 saturated heterocycles. The summed E-state index contributed by atoms with van der Waals surface area (Å²) in [7, 11) is 0. The first kappa shape index (κ1) is 25.7. The van der Waals surface area contributed by atoms with Crippen molar-refractivity contribution >= 4 is 62.2 Å². The van der Waals surface area contributed by atoms with Crippen LogP contribution in [-0.2, 0) is 16.1 Å². The van der Waals surface area contributed by atoms with Gasteiger partial charge in [0.2, 0.25) is 0 Å². The number of carboxylic acids is 1. The number of carboxylic acid groups (broad SMARTS) is 1. The molecule has 0 aliphatic carbocycles. The highest BCUT2D eigenvalue weighted by atomic mass is 79.9. The molecule has 2 aromatic carbocycles. The molecule has 2 aromatic rings. The zero-order chi connectivity index (χ0) is 24.9. The molecule has 35 heavy (non-hydrogen) atoms. The van der Waals surface area contributed by atoms with Gasteiger partial charge in [0.25, 0.3) is 5.91 Å². The van der Waals surface area contributed by atoms with Crippen molar-refractivity contribution in [2.75, 3.05) is 19.8 Å². The number of thiocarbonyl (C=S) groups is 1. The Hall–Kier alpha value is -2.40. The van der Waals surface area contributed by atoms with E-state index in [1.165, 1.54) is 11.8 Å². The van der Waals surface area contributed by atoms with E-state index in [-0.39, 0.29) is 24.2 Å². The lowest BCUT2D eigenvalue weighted by molar-refractivity contribution is -0.123. The Morgan fingerprint density at radius 1 is 1.29 bits per heavy atom. The second kappa shape index (κ2) is 11.6. The number of carbonyl (C=O) groups is 2. The summed E-state index contributed by atoms with van der Waals surface area (Å²) in [6.45, 7) is 3.77. The van der Waals surface area contributed by atoms with E-state index in [1.54, 1.807) is 41.3 Å². The summed E-state index contributed by atoms with van der Waals surface area (Å²) >= 11 is 10.3. The van der Waals surface area contributed by atoms with Crippen molar-refractivity contribution in [3.8, 4) is 11.5 Å². The molecule has 0 radical (unpaired) electrons. The zero-order valence-corrected chi connectivity index (χ0v) is 22.2. The summed E-state index contributed by atoms with van der Waals surface area (Å²) in [4.78, 5) is 26.2. The van der Waals surface area contributed by atoms with Gasteiger partial charge in [0.05, 0.1) is 29.7 Å². The highest BCUT2D eigenvalue weighted by Gasteiger charge is 2.34. The van der Waals surface area contributed by atoms with Crippen LogP contribution in [-0.4, -0.2) is 52.1 Å². The van der Waals surface area contributed by atoms with Crippen molar-refractivity contribution in [3.05, 3.63) is 62.5 Å². The first-order valence-corrected chi connectivity index (χ1v) is 13.2. The maximum atomic E-state index is 13.0. The number of halogens is 1. The van der Waals surface area contributed by atoms with Crippen LogP contribution in [0.2, 0.25) is 0 Å². The number of thioether (sulfide) groups is 1. The monoisotopic (exact) mass is 577 g/mol. The van der Waals surface area contributed by atoms with Crippen molar-refractivity contribution in [2.24, 2.45) is 0 Å². The lowest BCUT2D eigenvalue weighted by Gasteiger charge is -2.18. The summed E-state index contributed by atoms with van der Waals surface area (Å²) in [5.74, 6) is -0.0204. The Kier molecular flexibility index (Phi) is 8.48. The van der Waals surface area contributed by atoms with Crippen LogP contribution in [0.5, 0.6) is 11.5 Å². The third-order valence-electron chi connectivity index (χ3n) is 5.53. The van der Waals surface area contributed by atoms with Gasteiger partial charge in [-0.2, -0.15) is 0 Å². The van der Waals surface area contributed by atoms with Crippen LogP contribution in [0.1, 0.15) is 41.3 Å². The number of rotatable bonds is 9. The van der Waals surface area contributed by atoms with Crippen molar-refractivity contribution in [1.82, 2.24) is 4.90 Å². The maximum absolute atomic E-state index is 13.0. The van der Waals surface area contributed by atoms with E-state index in [9.17, 15) is 9.59 Å². The van der Waals surface area contributed by atoms with Crippen LogP contribution >= 0.6 is 39.9 Å². The van der Waals surface area contributed by atoms with Gasteiger partial charge in [-0.05, 0) is 61.2 Å². The van der Waals surface area contributed by atoms with E-state index in [4.69, 9.17) is 31.5 Å². The van der Waals surface area contributed by atoms with Crippen molar-refractivity contribution in [2.45, 2.75) is 32.5 Å². The first-order chi connectivity index (χ1) is 16.9. The van der Waals surface area contributed by atoms with E-state index < -0.39 is 5.97 Å². The molecule has 1 N–H and O–H groups in total. The van der Waals surface area contributed by atoms with Crippen molar-refractivity contribution < 1.29 is 28.9 Å². The van der Waals surface area contributed by atoms with Gasteiger partial charge in [-0.3, -0.25) is 9.69 Å². The first-order valence-electron chi connectivity index (χ1n) is 11.1. The highest BCUT2D eigenvalue weighted by molar-refractivity contribution is 9.10. The second-order valence-corrected chi connectivity index (χ2v) is 10.5. The predicted octanol–water partition coefficient (Wildman–Crippen LogP) is 5.51. The normalized spacial score (nSPS) is 19.0. The number of amides is 1. The van der Waals surface area contributed by atoms with Crippen LogP contribution in [0.25, 0.3) is 6.08 Å². The SMILES string of the molecule is CCOc1cc(/C=C2\SC(=S)N(C[C@@H]3CCCO3)C2=O)c(Br)cc1OCc1ccc(C(=O)O)cc1. The molecule has 0 spiro atoms. The fourth-order valence-electron chi connectivity index (χ4n) is 3.74. The van der Waals surface area contributed by atoms with Crippen LogP contribution in [0, 0.1) is 0 Å². The molecule has 4 rings (SSSR count). The topological polar surface area (TPSA) is 85.3 Å². The van der Waals surface area contributed by atoms with Gasteiger partial charge < -0.3 is 19.3 Å². The number of hydrogen-bond acceptors (Lipinski definition) is 7. The smallest absolute Gasteiger partial charge is 0.335 e. The Morgan fingerprint density at radius 3 is 2.69 bits per heavy atom. The zero-order valence-electron chi connectivity index (χ0n) is 19.0. The molecule has 1 amide bonds. The highest BCUT2D eigenvalue weighted by Crippen LogP contribution is 2.39. The Balaban J connectivity index is 1.51. The predicted molar refractivity (Wildman–Crippen MR) is 142 cm³/mol. The lowest BCUT2D eigenvalue weighted by atomic mass is 10.1. The number of aromatic carboxylic acids is 1. The number of benzene rings is 2. The third kappa shape index (κ3) is 6.24. The average molecular weight is 579 g/mol. The molecule has 0 aromatic heterocycles. The quantitative estimate of drug-likeness (QED) is 0.308. The number of ether oxygens (including phenoxy) is 3. The molecule has 2 fully saturated rings. The summed E-state index contributed by atoms with van der Waals surface area (Å²) in [5.41, 5.74) is 1.81. The van der Waals surface area contributed by atoms with E-state index in [0.29, 0.717) is 33.9 Å². The maximum Gasteiger partial charge on any atom is 0.335 e. The van der Waals surface area contributed by atoms with E-state index in [2.05, 4.69) is 15.9 Å². The second-order valence-electron chi connectivity index (χ2n) is 7.97. The standard InChI is InChI=1S/C25H24BrNO6S2/c1-2-31-20-10-17(11-22-23(28)27(25(34)35-22)13-18-4-3-9-32-18)19(26)12-21(20)33-14-15-5-7-16(8-6-15)24(29)30/h5-8,10-12,18H,2-4,9,13-14H2,1H3,(H,29,30)/b22-11-/t18-/m0/s1. The Bertz CT molecular complexity index is 1160. The van der Waals surface area contributed by atoms with E-state index in [1.807, 2.05) is 13.0 Å². The fourth-order valence-corrected chi connectivity index (χ4v) is 5.44. The molecule has 2 aliphatic heterocycles. The molecule has 1 atom stereocenters. The molecular weight excluding hydrogens is 554 g/mol. The minimum absolute atomic E-state index is 0.0323. The van der Waals surface area contributed by atoms with Gasteiger partial charge in [0.1, 0.15) is 10.9 Å². The molecule has 7 nitrogen and oxygen atoms in total. The van der Waals surface area contributed by atoms with Crippen LogP contribution in [0.3, 0.4) is 0 Å². The van der Waals surface area contributed by atoms with E-state index in [0.717, 1.165) is 35.0 Å². The summed E-state index contributed by atoms with van der Waals surface area (Å²) in [6.07, 6.45) is 3.77. The van der Waals surface area contributed by atoms with Gasteiger partial charge in [0, 0.05) is 11.1 Å². The molecule has 2 heterocycles. The minimum Gasteiger partial charge on any atom is -0.490 e. The number of carbonyl (C=O) groups excluding carboxylic acids is 1. The average Bonchev–Trinajstić information content (AvgIpc) is 3.44. The molecular formula is C25H24BrNO6S2. The summed E-state index contributed by atoms with van der Waals surface area (Å²) in [6, 6.07) is 10.1. The van der Waals surface area contributed by atoms with Gasteiger partial charge in [0.15, 0.2) is 11.5 Å². The van der Waals surface area contributed by atoms with Crippen molar-refractivity contribution in [3.63, 3.8) is 0 Å². The molecule has 10 heteroatoms. The van der Waals surface area contributed by atoms with Crippen LogP contribution in [0.4, 0.5) is 0 Å². The minimum atomic E-state index is -0.973. The third-order valence-corrected chi connectivity index (χ3v) is 7.59. The Morgan fingerprint density at radius 2 is 2.03 bits per heavy atom. The van der Waals surface area contributed by atoms with Crippen LogP contribution in [0.15, 0.2) is 45.8 Å². The molecule has 0 saturated carbocycles. The van der Waals surface area contributed by atoms with Gasteiger partial charge in [-0.15, -0.1) is 0 Å². The molecule has 0 bridgehead atoms. The summed E-state index contributed by atoms with van der Waals surface area (Å²) in [5, 5.41) is 9.05. The molecule has 184 valence electrons. The van der Waals surface area contributed by atoms with Crippen LogP contribution < -0.4 is 9.47 Å². The van der Waals surface area contributed by atoms with Crippen molar-refractivity contribution in [1.29, 1.82) is 0 Å². The van der Waals surface area contributed by atoms with Gasteiger partial charge >= 0.3 is 5.97 Å². The van der Waals surface area contributed by atoms with E-state index >= 15 is 0 Å². The Labute approximate surface area is 221 Å². The van der Waals surface area contributed by atoms with Gasteiger partial charge in [-0.1, -0.05) is 52.0 Å². The molecule has 0 unspecified atom stereocenters. The largest absolute Gasteiger partial charge is 0.490 e. The lowest BCUT2D eigenvalue weighted by Crippen LogP contribution is -2.35.